The molecule has 2 amide bonds. The first-order valence-electron chi connectivity index (χ1n) is 9.08. The molecule has 1 aliphatic heterocycles. The van der Waals surface area contributed by atoms with E-state index < -0.39 is 0 Å². The van der Waals surface area contributed by atoms with Crippen LogP contribution in [0.3, 0.4) is 0 Å². The average molecular weight is 485 g/mol. The molecule has 4 rings (SSSR count). The Morgan fingerprint density at radius 1 is 0.900 bits per heavy atom. The van der Waals surface area contributed by atoms with Crippen molar-refractivity contribution in [2.24, 2.45) is 0 Å². The second-order valence-electron chi connectivity index (χ2n) is 6.38. The molecule has 0 saturated heterocycles. The van der Waals surface area contributed by atoms with Crippen molar-refractivity contribution in [1.82, 2.24) is 5.32 Å². The number of hydrogen-bond acceptors (Lipinski definition) is 5. The van der Waals surface area contributed by atoms with Gasteiger partial charge in [0, 0.05) is 25.5 Å². The molecule has 0 fully saturated rings. The molecule has 0 aromatic heterocycles. The highest BCUT2D eigenvalue weighted by Crippen LogP contribution is 2.32. The van der Waals surface area contributed by atoms with E-state index in [9.17, 15) is 9.59 Å². The van der Waals surface area contributed by atoms with Gasteiger partial charge < -0.3 is 20.1 Å². The maximum atomic E-state index is 12.2. The van der Waals surface area contributed by atoms with Gasteiger partial charge in [0.1, 0.15) is 0 Å². The molecule has 0 atom stereocenters. The lowest BCUT2D eigenvalue weighted by atomic mass is 10.2. The molecule has 0 saturated carbocycles. The zero-order valence-corrected chi connectivity index (χ0v) is 18.1. The van der Waals surface area contributed by atoms with Crippen LogP contribution in [0.4, 0.5) is 5.69 Å². The first kappa shape index (κ1) is 20.3. The SMILES string of the molecule is O=C(CNC(=O)c1ccc2c(c1)OCO2)Nc1ccc(Sc2ccc(Br)cc2)cc1. The highest BCUT2D eigenvalue weighted by molar-refractivity contribution is 9.10. The fourth-order valence-electron chi connectivity index (χ4n) is 2.75. The molecule has 8 heteroatoms. The zero-order chi connectivity index (χ0) is 20.9. The van der Waals surface area contributed by atoms with Crippen LogP contribution >= 0.6 is 27.7 Å². The lowest BCUT2D eigenvalue weighted by Crippen LogP contribution is -2.32. The van der Waals surface area contributed by atoms with E-state index in [1.54, 1.807) is 30.0 Å². The van der Waals surface area contributed by atoms with Gasteiger partial charge in [-0.2, -0.15) is 0 Å². The summed E-state index contributed by atoms with van der Waals surface area (Å²) in [5.74, 6) is 0.460. The summed E-state index contributed by atoms with van der Waals surface area (Å²) in [6.45, 7) is 0.00586. The fourth-order valence-corrected chi connectivity index (χ4v) is 3.83. The third-order valence-corrected chi connectivity index (χ3v) is 5.78. The fraction of sp³-hybridized carbons (Fsp3) is 0.0909. The highest BCUT2D eigenvalue weighted by atomic mass is 79.9. The van der Waals surface area contributed by atoms with Crippen molar-refractivity contribution in [3.05, 3.63) is 76.8 Å². The van der Waals surface area contributed by atoms with E-state index in [-0.39, 0.29) is 25.2 Å². The van der Waals surface area contributed by atoms with Crippen LogP contribution in [-0.2, 0) is 4.79 Å². The summed E-state index contributed by atoms with van der Waals surface area (Å²) in [7, 11) is 0. The number of carbonyl (C=O) groups is 2. The minimum absolute atomic E-state index is 0.136. The van der Waals surface area contributed by atoms with Gasteiger partial charge in [0.05, 0.1) is 6.54 Å². The van der Waals surface area contributed by atoms with Crippen molar-refractivity contribution in [3.63, 3.8) is 0 Å². The number of halogens is 1. The largest absolute Gasteiger partial charge is 0.454 e. The van der Waals surface area contributed by atoms with Crippen molar-refractivity contribution in [1.29, 1.82) is 0 Å². The molecule has 3 aromatic rings. The van der Waals surface area contributed by atoms with Gasteiger partial charge >= 0.3 is 0 Å². The Morgan fingerprint density at radius 2 is 1.57 bits per heavy atom. The number of ether oxygens (including phenoxy) is 2. The Morgan fingerprint density at radius 3 is 2.30 bits per heavy atom. The molecule has 0 unspecified atom stereocenters. The first-order valence-corrected chi connectivity index (χ1v) is 10.7. The van der Waals surface area contributed by atoms with Crippen molar-refractivity contribution >= 4 is 45.2 Å². The van der Waals surface area contributed by atoms with Gasteiger partial charge in [0.15, 0.2) is 11.5 Å². The molecule has 1 aliphatic rings. The monoisotopic (exact) mass is 484 g/mol. The molecule has 3 aromatic carbocycles. The molecule has 2 N–H and O–H groups in total. The number of rotatable bonds is 6. The number of anilines is 1. The number of amides is 2. The molecule has 152 valence electrons. The summed E-state index contributed by atoms with van der Waals surface area (Å²) in [6, 6.07) is 20.5. The maximum Gasteiger partial charge on any atom is 0.251 e. The van der Waals surface area contributed by atoms with Gasteiger partial charge in [-0.05, 0) is 66.7 Å². The van der Waals surface area contributed by atoms with E-state index in [0.29, 0.717) is 22.7 Å². The van der Waals surface area contributed by atoms with E-state index >= 15 is 0 Å². The zero-order valence-electron chi connectivity index (χ0n) is 15.7. The molecule has 0 radical (unpaired) electrons. The molecule has 6 nitrogen and oxygen atoms in total. The Hall–Kier alpha value is -2.97. The molecular formula is C22H17BrN2O4S. The average Bonchev–Trinajstić information content (AvgIpc) is 3.23. The van der Waals surface area contributed by atoms with Crippen LogP contribution in [-0.4, -0.2) is 25.2 Å². The van der Waals surface area contributed by atoms with Gasteiger partial charge in [-0.1, -0.05) is 27.7 Å². The standard InChI is InChI=1S/C22H17BrN2O4S/c23-15-2-6-17(7-3-15)30-18-8-4-16(5-9-18)25-21(26)12-24-22(27)14-1-10-19-20(11-14)29-13-28-19/h1-11H,12-13H2,(H,24,27)(H,25,26). The summed E-state index contributed by atoms with van der Waals surface area (Å²) < 4.78 is 11.5. The normalized spacial score (nSPS) is 11.8. The van der Waals surface area contributed by atoms with Crippen LogP contribution in [0.5, 0.6) is 11.5 Å². The van der Waals surface area contributed by atoms with Crippen LogP contribution < -0.4 is 20.1 Å². The van der Waals surface area contributed by atoms with Gasteiger partial charge in [-0.25, -0.2) is 0 Å². The maximum absolute atomic E-state index is 12.2. The summed E-state index contributed by atoms with van der Waals surface area (Å²) >= 11 is 5.06. The third-order valence-electron chi connectivity index (χ3n) is 4.23. The number of nitrogens with one attached hydrogen (secondary N) is 2. The van der Waals surface area contributed by atoms with Gasteiger partial charge in [-0.15, -0.1) is 0 Å². The second-order valence-corrected chi connectivity index (χ2v) is 8.44. The Labute approximate surface area is 186 Å². The minimum atomic E-state index is -0.357. The topological polar surface area (TPSA) is 76.7 Å². The predicted molar refractivity (Wildman–Crippen MR) is 118 cm³/mol. The molecule has 1 heterocycles. The highest BCUT2D eigenvalue weighted by Gasteiger charge is 2.16. The Balaban J connectivity index is 1.27. The summed E-state index contributed by atoms with van der Waals surface area (Å²) in [4.78, 5) is 26.6. The summed E-state index contributed by atoms with van der Waals surface area (Å²) in [6.07, 6.45) is 0. The quantitative estimate of drug-likeness (QED) is 0.530. The Kier molecular flexibility index (Phi) is 6.25. The van der Waals surface area contributed by atoms with Crippen molar-refractivity contribution in [2.45, 2.75) is 9.79 Å². The van der Waals surface area contributed by atoms with Crippen LogP contribution in [0.15, 0.2) is 81.0 Å². The predicted octanol–water partition coefficient (Wildman–Crippen LogP) is 4.70. The second kappa shape index (κ2) is 9.23. The van der Waals surface area contributed by atoms with Gasteiger partial charge in [-0.3, -0.25) is 9.59 Å². The van der Waals surface area contributed by atoms with Crippen molar-refractivity contribution < 1.29 is 19.1 Å². The minimum Gasteiger partial charge on any atom is -0.454 e. The van der Waals surface area contributed by atoms with Crippen LogP contribution in [0.25, 0.3) is 0 Å². The van der Waals surface area contributed by atoms with E-state index in [1.165, 1.54) is 0 Å². The first-order chi connectivity index (χ1) is 14.6. The van der Waals surface area contributed by atoms with Crippen LogP contribution in [0.1, 0.15) is 10.4 Å². The lowest BCUT2D eigenvalue weighted by molar-refractivity contribution is -0.115. The summed E-state index contributed by atoms with van der Waals surface area (Å²) in [5, 5.41) is 5.38. The summed E-state index contributed by atoms with van der Waals surface area (Å²) in [5.41, 5.74) is 1.07. The van der Waals surface area contributed by atoms with E-state index in [2.05, 4.69) is 26.6 Å². The molecular weight excluding hydrogens is 468 g/mol. The molecule has 0 aliphatic carbocycles. The van der Waals surface area contributed by atoms with Crippen LogP contribution in [0.2, 0.25) is 0 Å². The molecule has 0 bridgehead atoms. The number of carbonyl (C=O) groups excluding carboxylic acids is 2. The van der Waals surface area contributed by atoms with E-state index in [1.807, 2.05) is 48.5 Å². The molecule has 30 heavy (non-hydrogen) atoms. The smallest absolute Gasteiger partial charge is 0.251 e. The number of hydrogen-bond donors (Lipinski definition) is 2. The van der Waals surface area contributed by atoms with Crippen LogP contribution in [0, 0.1) is 0 Å². The van der Waals surface area contributed by atoms with E-state index in [0.717, 1.165) is 14.3 Å². The van der Waals surface area contributed by atoms with Crippen molar-refractivity contribution in [3.8, 4) is 11.5 Å². The van der Waals surface area contributed by atoms with E-state index in [4.69, 9.17) is 9.47 Å². The number of fused-ring (bicyclic) bond motifs is 1. The molecule has 0 spiro atoms. The Bertz CT molecular complexity index is 1070. The number of benzene rings is 3. The lowest BCUT2D eigenvalue weighted by Gasteiger charge is -2.08. The third kappa shape index (κ3) is 5.14. The van der Waals surface area contributed by atoms with Gasteiger partial charge in [0.25, 0.3) is 5.91 Å². The van der Waals surface area contributed by atoms with Gasteiger partial charge in [0.2, 0.25) is 12.7 Å². The van der Waals surface area contributed by atoms with Crippen molar-refractivity contribution in [2.75, 3.05) is 18.7 Å².